The molecule has 1 saturated heterocycles. The van der Waals surface area contributed by atoms with E-state index in [4.69, 9.17) is 4.74 Å². The van der Waals surface area contributed by atoms with Crippen molar-refractivity contribution in [1.29, 1.82) is 0 Å². The fraction of sp³-hybridized carbons (Fsp3) is 0.667. The number of nitrogens with zero attached hydrogens (tertiary/aromatic N) is 1. The number of fused-ring (bicyclic) bond motifs is 1. The molecule has 1 saturated carbocycles. The first-order valence-electron chi connectivity index (χ1n) is 8.30. The Morgan fingerprint density at radius 1 is 1.24 bits per heavy atom. The number of methoxy groups -OCH3 is 1. The van der Waals surface area contributed by atoms with Gasteiger partial charge in [0.2, 0.25) is 0 Å². The summed E-state index contributed by atoms with van der Waals surface area (Å²) in [5.41, 5.74) is 0.958. The topological polar surface area (TPSA) is 32.7 Å². The van der Waals surface area contributed by atoms with E-state index >= 15 is 0 Å². The number of β-amino-alcohol motifs (C(OH)–C–C–N with tert-alkyl or cyclic N) is 1. The third-order valence-electron chi connectivity index (χ3n) is 5.29. The van der Waals surface area contributed by atoms with Gasteiger partial charge in [0.15, 0.2) is 0 Å². The maximum atomic E-state index is 10.5. The van der Waals surface area contributed by atoms with Crippen LogP contribution < -0.4 is 4.74 Å². The minimum Gasteiger partial charge on any atom is -0.497 e. The number of hydrogen-bond acceptors (Lipinski definition) is 3. The van der Waals surface area contributed by atoms with Crippen LogP contribution >= 0.6 is 0 Å². The summed E-state index contributed by atoms with van der Waals surface area (Å²) in [5.74, 6) is 2.63. The summed E-state index contributed by atoms with van der Waals surface area (Å²) in [6.45, 7) is 3.06. The Morgan fingerprint density at radius 2 is 2.05 bits per heavy atom. The van der Waals surface area contributed by atoms with Gasteiger partial charge in [0.1, 0.15) is 5.75 Å². The zero-order valence-electron chi connectivity index (χ0n) is 13.0. The maximum absolute atomic E-state index is 10.5. The molecular weight excluding hydrogens is 262 g/mol. The van der Waals surface area contributed by atoms with Gasteiger partial charge in [0, 0.05) is 13.1 Å². The van der Waals surface area contributed by atoms with Crippen molar-refractivity contribution >= 4 is 0 Å². The van der Waals surface area contributed by atoms with Crippen molar-refractivity contribution in [3.8, 4) is 5.75 Å². The van der Waals surface area contributed by atoms with Gasteiger partial charge >= 0.3 is 0 Å². The predicted molar refractivity (Wildman–Crippen MR) is 84.5 cm³/mol. The van der Waals surface area contributed by atoms with Crippen LogP contribution in [0.2, 0.25) is 0 Å². The highest BCUT2D eigenvalue weighted by atomic mass is 16.5. The largest absolute Gasteiger partial charge is 0.497 e. The maximum Gasteiger partial charge on any atom is 0.119 e. The summed E-state index contributed by atoms with van der Waals surface area (Å²) >= 11 is 0. The molecule has 3 unspecified atom stereocenters. The van der Waals surface area contributed by atoms with Gasteiger partial charge in [0.05, 0.1) is 13.2 Å². The number of aliphatic hydroxyl groups excluding tert-OH is 1. The molecule has 1 heterocycles. The highest BCUT2D eigenvalue weighted by molar-refractivity contribution is 5.29. The molecule has 3 nitrogen and oxygen atoms in total. The number of hydrogen-bond donors (Lipinski definition) is 1. The van der Waals surface area contributed by atoms with Gasteiger partial charge in [-0.25, -0.2) is 0 Å². The molecule has 0 spiro atoms. The Bertz CT molecular complexity index is 462. The number of likely N-dealkylation sites (tertiary alicyclic amines) is 1. The second-order valence-corrected chi connectivity index (χ2v) is 6.65. The van der Waals surface area contributed by atoms with Crippen LogP contribution in [-0.4, -0.2) is 36.8 Å². The molecule has 1 aliphatic heterocycles. The molecule has 1 aromatic carbocycles. The van der Waals surface area contributed by atoms with Gasteiger partial charge in [-0.2, -0.15) is 0 Å². The van der Waals surface area contributed by atoms with Crippen molar-refractivity contribution < 1.29 is 9.84 Å². The zero-order chi connectivity index (χ0) is 14.7. The summed E-state index contributed by atoms with van der Waals surface area (Å²) in [6.07, 6.45) is 6.53. The standard InChI is InChI=1S/C18H27NO2/c1-21-17-8-4-7-15(11-17)18(20)13-19-10-9-14-5-2-3-6-16(14)12-19/h4,7-8,11,14,16,18,20H,2-3,5-6,9-10,12-13H2,1H3. The minimum absolute atomic E-state index is 0.416. The van der Waals surface area contributed by atoms with Crippen molar-refractivity contribution in [3.63, 3.8) is 0 Å². The van der Waals surface area contributed by atoms with Crippen molar-refractivity contribution in [2.75, 3.05) is 26.7 Å². The fourth-order valence-corrected chi connectivity index (χ4v) is 4.04. The number of piperidine rings is 1. The van der Waals surface area contributed by atoms with Crippen LogP contribution in [0, 0.1) is 11.8 Å². The predicted octanol–water partition coefficient (Wildman–Crippen LogP) is 3.24. The highest BCUT2D eigenvalue weighted by Gasteiger charge is 2.31. The van der Waals surface area contributed by atoms with Crippen LogP contribution in [-0.2, 0) is 0 Å². The average Bonchev–Trinajstić information content (AvgIpc) is 2.54. The molecule has 1 aliphatic carbocycles. The number of ether oxygens (including phenoxy) is 1. The summed E-state index contributed by atoms with van der Waals surface area (Å²) in [5, 5.41) is 10.5. The fourth-order valence-electron chi connectivity index (χ4n) is 4.04. The van der Waals surface area contributed by atoms with Crippen LogP contribution in [0.25, 0.3) is 0 Å². The lowest BCUT2D eigenvalue weighted by Crippen LogP contribution is -2.43. The molecule has 0 aromatic heterocycles. The molecule has 21 heavy (non-hydrogen) atoms. The molecule has 1 N–H and O–H groups in total. The van der Waals surface area contributed by atoms with E-state index < -0.39 is 6.10 Å². The van der Waals surface area contributed by atoms with Crippen LogP contribution in [0.4, 0.5) is 0 Å². The molecule has 0 bridgehead atoms. The molecule has 3 atom stereocenters. The number of aliphatic hydroxyl groups is 1. The van der Waals surface area contributed by atoms with Gasteiger partial charge in [0.25, 0.3) is 0 Å². The molecule has 3 heteroatoms. The second-order valence-electron chi connectivity index (χ2n) is 6.65. The first-order chi connectivity index (χ1) is 10.3. The molecular formula is C18H27NO2. The van der Waals surface area contributed by atoms with Crippen LogP contribution in [0.15, 0.2) is 24.3 Å². The molecule has 2 aliphatic rings. The van der Waals surface area contributed by atoms with Gasteiger partial charge in [-0.3, -0.25) is 0 Å². The Morgan fingerprint density at radius 3 is 2.86 bits per heavy atom. The van der Waals surface area contributed by atoms with E-state index in [9.17, 15) is 5.11 Å². The van der Waals surface area contributed by atoms with Crippen molar-refractivity contribution in [2.45, 2.75) is 38.2 Å². The number of benzene rings is 1. The monoisotopic (exact) mass is 289 g/mol. The van der Waals surface area contributed by atoms with E-state index in [-0.39, 0.29) is 0 Å². The van der Waals surface area contributed by atoms with Crippen molar-refractivity contribution in [3.05, 3.63) is 29.8 Å². The average molecular weight is 289 g/mol. The Kier molecular flexibility index (Phi) is 4.81. The van der Waals surface area contributed by atoms with Crippen LogP contribution in [0.1, 0.15) is 43.8 Å². The molecule has 2 fully saturated rings. The lowest BCUT2D eigenvalue weighted by atomic mass is 9.75. The first kappa shape index (κ1) is 14.9. The SMILES string of the molecule is COc1cccc(C(O)CN2CCC3CCCCC3C2)c1. The van der Waals surface area contributed by atoms with E-state index in [0.717, 1.165) is 36.2 Å². The molecule has 1 aromatic rings. The summed E-state index contributed by atoms with van der Waals surface area (Å²) in [4.78, 5) is 2.45. The third kappa shape index (κ3) is 3.58. The first-order valence-corrected chi connectivity index (χ1v) is 8.30. The van der Waals surface area contributed by atoms with Crippen molar-refractivity contribution in [2.24, 2.45) is 11.8 Å². The van der Waals surface area contributed by atoms with Crippen molar-refractivity contribution in [1.82, 2.24) is 4.90 Å². The number of rotatable bonds is 4. The summed E-state index contributed by atoms with van der Waals surface area (Å²) < 4.78 is 5.24. The van der Waals surface area contributed by atoms with E-state index in [1.807, 2.05) is 24.3 Å². The smallest absolute Gasteiger partial charge is 0.119 e. The second kappa shape index (κ2) is 6.80. The molecule has 0 radical (unpaired) electrons. The third-order valence-corrected chi connectivity index (χ3v) is 5.29. The minimum atomic E-state index is -0.416. The summed E-state index contributed by atoms with van der Waals surface area (Å²) in [6, 6.07) is 7.80. The molecule has 116 valence electrons. The Labute approximate surface area is 127 Å². The van der Waals surface area contributed by atoms with E-state index in [1.54, 1.807) is 7.11 Å². The van der Waals surface area contributed by atoms with Gasteiger partial charge in [-0.05, 0) is 48.9 Å². The van der Waals surface area contributed by atoms with E-state index in [2.05, 4.69) is 4.90 Å². The van der Waals surface area contributed by atoms with Gasteiger partial charge < -0.3 is 14.7 Å². The normalized spacial score (nSPS) is 27.9. The van der Waals surface area contributed by atoms with E-state index in [0.29, 0.717) is 0 Å². The van der Waals surface area contributed by atoms with Crippen LogP contribution in [0.5, 0.6) is 5.75 Å². The van der Waals surface area contributed by atoms with E-state index in [1.165, 1.54) is 38.6 Å². The lowest BCUT2D eigenvalue weighted by molar-refractivity contribution is 0.0459. The molecule has 0 amide bonds. The summed E-state index contributed by atoms with van der Waals surface area (Å²) in [7, 11) is 1.67. The molecule has 3 rings (SSSR count). The van der Waals surface area contributed by atoms with Gasteiger partial charge in [-0.15, -0.1) is 0 Å². The highest BCUT2D eigenvalue weighted by Crippen LogP contribution is 2.36. The van der Waals surface area contributed by atoms with Gasteiger partial charge in [-0.1, -0.05) is 31.4 Å². The van der Waals surface area contributed by atoms with Crippen LogP contribution in [0.3, 0.4) is 0 Å². The quantitative estimate of drug-likeness (QED) is 0.923. The Balaban J connectivity index is 1.58. The lowest BCUT2D eigenvalue weighted by Gasteiger charge is -2.41. The zero-order valence-corrected chi connectivity index (χ0v) is 13.0. The Hall–Kier alpha value is -1.06.